The fraction of sp³-hybridized carbons (Fsp3) is 1.00. The quantitative estimate of drug-likeness (QED) is 0.537. The Bertz CT molecular complexity index is 148. The molecule has 0 radical (unpaired) electrons. The van der Waals surface area contributed by atoms with Crippen molar-refractivity contribution in [3.63, 3.8) is 0 Å². The zero-order valence-corrected chi connectivity index (χ0v) is 9.31. The standard InChI is InChI=1S/C11H21NS/c13-7-2-1-6-12-8-10-4-3-5-11(10)9-12/h10-11,13H,1-9H2. The number of nitrogens with zero attached hydrogens (tertiary/aromatic N) is 1. The molecule has 0 bridgehead atoms. The molecule has 0 N–H and O–H groups in total. The molecular weight excluding hydrogens is 178 g/mol. The van der Waals surface area contributed by atoms with Crippen molar-refractivity contribution in [1.82, 2.24) is 4.90 Å². The molecule has 2 atom stereocenters. The Morgan fingerprint density at radius 3 is 2.38 bits per heavy atom. The summed E-state index contributed by atoms with van der Waals surface area (Å²) < 4.78 is 0. The fourth-order valence-electron chi connectivity index (χ4n) is 2.96. The Morgan fingerprint density at radius 2 is 1.77 bits per heavy atom. The summed E-state index contributed by atoms with van der Waals surface area (Å²) in [5, 5.41) is 0. The van der Waals surface area contributed by atoms with E-state index in [1.165, 1.54) is 51.7 Å². The first kappa shape index (κ1) is 9.85. The summed E-state index contributed by atoms with van der Waals surface area (Å²) in [4.78, 5) is 2.68. The highest BCUT2D eigenvalue weighted by Gasteiger charge is 2.35. The summed E-state index contributed by atoms with van der Waals surface area (Å²) in [6.45, 7) is 4.13. The average molecular weight is 199 g/mol. The van der Waals surface area contributed by atoms with Crippen molar-refractivity contribution < 1.29 is 0 Å². The highest BCUT2D eigenvalue weighted by Crippen LogP contribution is 2.37. The molecule has 2 fully saturated rings. The first-order valence-corrected chi connectivity index (χ1v) is 6.36. The Hall–Kier alpha value is 0.310. The van der Waals surface area contributed by atoms with Crippen LogP contribution in [0.5, 0.6) is 0 Å². The van der Waals surface area contributed by atoms with E-state index < -0.39 is 0 Å². The van der Waals surface area contributed by atoms with E-state index in [1.807, 2.05) is 0 Å². The molecule has 1 heterocycles. The third-order valence-corrected chi connectivity index (χ3v) is 4.00. The van der Waals surface area contributed by atoms with Gasteiger partial charge in [-0.05, 0) is 49.8 Å². The molecule has 1 saturated heterocycles. The summed E-state index contributed by atoms with van der Waals surface area (Å²) in [6, 6.07) is 0. The zero-order chi connectivity index (χ0) is 9.10. The van der Waals surface area contributed by atoms with Gasteiger partial charge < -0.3 is 4.90 Å². The van der Waals surface area contributed by atoms with Crippen molar-refractivity contribution in [3.8, 4) is 0 Å². The molecule has 0 aromatic carbocycles. The van der Waals surface area contributed by atoms with Crippen molar-refractivity contribution in [1.29, 1.82) is 0 Å². The molecule has 0 amide bonds. The fourth-order valence-corrected chi connectivity index (χ4v) is 3.19. The van der Waals surface area contributed by atoms with Crippen LogP contribution in [0.4, 0.5) is 0 Å². The minimum absolute atomic E-state index is 1.06. The van der Waals surface area contributed by atoms with E-state index in [1.54, 1.807) is 0 Å². The van der Waals surface area contributed by atoms with Gasteiger partial charge in [0.15, 0.2) is 0 Å². The van der Waals surface area contributed by atoms with Gasteiger partial charge in [-0.15, -0.1) is 0 Å². The van der Waals surface area contributed by atoms with Crippen LogP contribution in [0.15, 0.2) is 0 Å². The van der Waals surface area contributed by atoms with Crippen LogP contribution in [0.25, 0.3) is 0 Å². The summed E-state index contributed by atoms with van der Waals surface area (Å²) >= 11 is 4.24. The van der Waals surface area contributed by atoms with Crippen LogP contribution < -0.4 is 0 Å². The maximum absolute atomic E-state index is 4.24. The molecule has 0 aromatic heterocycles. The van der Waals surface area contributed by atoms with Gasteiger partial charge in [-0.3, -0.25) is 0 Å². The normalized spacial score (nSPS) is 33.9. The van der Waals surface area contributed by atoms with Gasteiger partial charge in [0.05, 0.1) is 0 Å². The Labute approximate surface area is 87.3 Å². The number of unbranched alkanes of at least 4 members (excludes halogenated alkanes) is 1. The molecule has 1 aliphatic heterocycles. The van der Waals surface area contributed by atoms with E-state index in [0.717, 1.165) is 17.6 Å². The molecular formula is C11H21NS. The topological polar surface area (TPSA) is 3.24 Å². The van der Waals surface area contributed by atoms with Crippen LogP contribution in [0.2, 0.25) is 0 Å². The SMILES string of the molecule is SCCCCN1CC2CCCC2C1. The Morgan fingerprint density at radius 1 is 1.08 bits per heavy atom. The number of hydrogen-bond donors (Lipinski definition) is 1. The van der Waals surface area contributed by atoms with Crippen molar-refractivity contribution in [2.24, 2.45) is 11.8 Å². The van der Waals surface area contributed by atoms with Gasteiger partial charge in [-0.2, -0.15) is 12.6 Å². The minimum atomic E-state index is 1.06. The highest BCUT2D eigenvalue weighted by atomic mass is 32.1. The van der Waals surface area contributed by atoms with E-state index in [-0.39, 0.29) is 0 Å². The highest BCUT2D eigenvalue weighted by molar-refractivity contribution is 7.80. The molecule has 2 heteroatoms. The molecule has 76 valence electrons. The largest absolute Gasteiger partial charge is 0.303 e. The van der Waals surface area contributed by atoms with Crippen LogP contribution in [0.1, 0.15) is 32.1 Å². The third-order valence-electron chi connectivity index (χ3n) is 3.68. The summed E-state index contributed by atoms with van der Waals surface area (Å²) in [5.74, 6) is 3.19. The van der Waals surface area contributed by atoms with Gasteiger partial charge >= 0.3 is 0 Å². The second-order valence-electron chi connectivity index (χ2n) is 4.64. The van der Waals surface area contributed by atoms with Gasteiger partial charge in [0.1, 0.15) is 0 Å². The monoisotopic (exact) mass is 199 g/mol. The van der Waals surface area contributed by atoms with E-state index >= 15 is 0 Å². The number of hydrogen-bond acceptors (Lipinski definition) is 2. The van der Waals surface area contributed by atoms with Gasteiger partial charge in [0.2, 0.25) is 0 Å². The van der Waals surface area contributed by atoms with Crippen LogP contribution in [-0.4, -0.2) is 30.3 Å². The second-order valence-corrected chi connectivity index (χ2v) is 5.09. The van der Waals surface area contributed by atoms with Crippen LogP contribution in [0.3, 0.4) is 0 Å². The Kier molecular flexibility index (Phi) is 3.56. The molecule has 1 aliphatic carbocycles. The molecule has 2 aliphatic rings. The van der Waals surface area contributed by atoms with E-state index in [4.69, 9.17) is 0 Å². The smallest absolute Gasteiger partial charge is 0.00129 e. The second kappa shape index (κ2) is 4.70. The van der Waals surface area contributed by atoms with Crippen LogP contribution in [-0.2, 0) is 0 Å². The molecule has 0 aromatic rings. The maximum Gasteiger partial charge on any atom is 0.00129 e. The minimum Gasteiger partial charge on any atom is -0.303 e. The maximum atomic E-state index is 4.24. The lowest BCUT2D eigenvalue weighted by molar-refractivity contribution is 0.306. The number of likely N-dealkylation sites (tertiary alicyclic amines) is 1. The lowest BCUT2D eigenvalue weighted by Crippen LogP contribution is -2.22. The predicted octanol–water partition coefficient (Wildman–Crippen LogP) is 2.43. The molecule has 1 saturated carbocycles. The first-order valence-electron chi connectivity index (χ1n) is 5.73. The summed E-state index contributed by atoms with van der Waals surface area (Å²) in [6.07, 6.45) is 7.15. The van der Waals surface area contributed by atoms with Crippen molar-refractivity contribution in [3.05, 3.63) is 0 Å². The molecule has 2 rings (SSSR count). The number of thiol groups is 1. The van der Waals surface area contributed by atoms with E-state index in [0.29, 0.717) is 0 Å². The van der Waals surface area contributed by atoms with Crippen LogP contribution in [0, 0.1) is 11.8 Å². The van der Waals surface area contributed by atoms with Gasteiger partial charge in [0.25, 0.3) is 0 Å². The first-order chi connectivity index (χ1) is 6.40. The summed E-state index contributed by atoms with van der Waals surface area (Å²) in [5.41, 5.74) is 0. The summed E-state index contributed by atoms with van der Waals surface area (Å²) in [7, 11) is 0. The van der Waals surface area contributed by atoms with E-state index in [9.17, 15) is 0 Å². The Balaban J connectivity index is 1.67. The molecule has 2 unspecified atom stereocenters. The van der Waals surface area contributed by atoms with Crippen molar-refractivity contribution in [2.75, 3.05) is 25.4 Å². The lowest BCUT2D eigenvalue weighted by Gasteiger charge is -2.15. The zero-order valence-electron chi connectivity index (χ0n) is 8.41. The molecule has 1 nitrogen and oxygen atoms in total. The van der Waals surface area contributed by atoms with Crippen LogP contribution >= 0.6 is 12.6 Å². The van der Waals surface area contributed by atoms with Crippen molar-refractivity contribution in [2.45, 2.75) is 32.1 Å². The van der Waals surface area contributed by atoms with Gasteiger partial charge in [0, 0.05) is 13.1 Å². The van der Waals surface area contributed by atoms with Gasteiger partial charge in [-0.1, -0.05) is 6.42 Å². The average Bonchev–Trinajstić information content (AvgIpc) is 2.64. The van der Waals surface area contributed by atoms with Gasteiger partial charge in [-0.25, -0.2) is 0 Å². The number of fused-ring (bicyclic) bond motifs is 1. The van der Waals surface area contributed by atoms with Crippen molar-refractivity contribution >= 4 is 12.6 Å². The number of rotatable bonds is 4. The molecule has 13 heavy (non-hydrogen) atoms. The lowest BCUT2D eigenvalue weighted by atomic mass is 10.0. The van der Waals surface area contributed by atoms with E-state index in [2.05, 4.69) is 17.5 Å². The third kappa shape index (κ3) is 2.41. The molecule has 0 spiro atoms. The predicted molar refractivity (Wildman–Crippen MR) is 60.4 cm³/mol.